The first-order valence-electron chi connectivity index (χ1n) is 8.27. The van der Waals surface area contributed by atoms with Crippen molar-refractivity contribution in [2.24, 2.45) is 5.92 Å². The van der Waals surface area contributed by atoms with Gasteiger partial charge in [-0.25, -0.2) is 4.39 Å². The smallest absolute Gasteiger partial charge is 0.272 e. The van der Waals surface area contributed by atoms with Gasteiger partial charge in [-0.2, -0.15) is 0 Å². The second-order valence-corrected chi connectivity index (χ2v) is 6.41. The molecule has 3 rings (SSSR count). The molecule has 0 bridgehead atoms. The maximum absolute atomic E-state index is 14.3. The Morgan fingerprint density at radius 1 is 1.28 bits per heavy atom. The number of nitrogens with zero attached hydrogens (tertiary/aromatic N) is 2. The van der Waals surface area contributed by atoms with Crippen LogP contribution >= 0.6 is 0 Å². The van der Waals surface area contributed by atoms with E-state index in [1.807, 2.05) is 37.3 Å². The highest BCUT2D eigenvalue weighted by Crippen LogP contribution is 2.34. The Labute approximate surface area is 145 Å². The van der Waals surface area contributed by atoms with Crippen molar-refractivity contribution in [1.29, 1.82) is 0 Å². The van der Waals surface area contributed by atoms with E-state index in [-0.39, 0.29) is 17.3 Å². The number of hydrogen-bond donors (Lipinski definition) is 0. The van der Waals surface area contributed by atoms with Crippen LogP contribution in [0.2, 0.25) is 0 Å². The number of nitro groups is 1. The normalized spacial score (nSPS) is 14.8. The summed E-state index contributed by atoms with van der Waals surface area (Å²) in [5, 5.41) is 10.8. The van der Waals surface area contributed by atoms with Crippen LogP contribution in [0.5, 0.6) is 0 Å². The number of carbonyl (C=O) groups is 1. The summed E-state index contributed by atoms with van der Waals surface area (Å²) >= 11 is 0. The topological polar surface area (TPSA) is 63.5 Å². The Morgan fingerprint density at radius 2 is 1.96 bits per heavy atom. The van der Waals surface area contributed by atoms with Crippen molar-refractivity contribution in [3.63, 3.8) is 0 Å². The molecule has 1 amide bonds. The van der Waals surface area contributed by atoms with Gasteiger partial charge in [-0.05, 0) is 37.3 Å². The maximum Gasteiger partial charge on any atom is 0.272 e. The third kappa shape index (κ3) is 3.84. The van der Waals surface area contributed by atoms with Gasteiger partial charge in [-0.15, -0.1) is 0 Å². The average molecular weight is 342 g/mol. The molecule has 1 aliphatic carbocycles. The molecule has 1 atom stereocenters. The van der Waals surface area contributed by atoms with Crippen LogP contribution in [0.25, 0.3) is 0 Å². The molecule has 25 heavy (non-hydrogen) atoms. The van der Waals surface area contributed by atoms with Crippen molar-refractivity contribution in [2.45, 2.75) is 25.8 Å². The van der Waals surface area contributed by atoms with Crippen LogP contribution in [0.3, 0.4) is 0 Å². The van der Waals surface area contributed by atoms with Gasteiger partial charge in [0.2, 0.25) is 0 Å². The van der Waals surface area contributed by atoms with E-state index in [0.717, 1.165) is 24.5 Å². The van der Waals surface area contributed by atoms with E-state index in [4.69, 9.17) is 0 Å². The molecular formula is C19H19FN2O3. The highest BCUT2D eigenvalue weighted by Gasteiger charge is 2.32. The summed E-state index contributed by atoms with van der Waals surface area (Å²) in [6.07, 6.45) is 2.13. The zero-order valence-electron chi connectivity index (χ0n) is 13.9. The predicted octanol–water partition coefficient (Wildman–Crippen LogP) is 4.35. The van der Waals surface area contributed by atoms with Crippen LogP contribution in [-0.2, 0) is 0 Å². The van der Waals surface area contributed by atoms with Crippen molar-refractivity contribution in [3.8, 4) is 0 Å². The van der Waals surface area contributed by atoms with Gasteiger partial charge in [0.25, 0.3) is 11.6 Å². The molecule has 6 heteroatoms. The first-order valence-corrected chi connectivity index (χ1v) is 8.27. The first kappa shape index (κ1) is 17.1. The second kappa shape index (κ2) is 7.01. The van der Waals surface area contributed by atoms with Crippen LogP contribution in [0, 0.1) is 21.8 Å². The number of halogens is 1. The molecule has 2 aromatic rings. The Kier molecular flexibility index (Phi) is 4.79. The first-order chi connectivity index (χ1) is 12.0. The SMILES string of the molecule is CC(c1ccccc1)N(CC1CC1)C(=O)c1ccc([N+](=O)[O-])cc1F. The fourth-order valence-electron chi connectivity index (χ4n) is 2.85. The number of amides is 1. The predicted molar refractivity (Wildman–Crippen MR) is 91.7 cm³/mol. The standard InChI is InChI=1S/C19H19FN2O3/c1-13(15-5-3-2-4-6-15)21(12-14-7-8-14)19(23)17-10-9-16(22(24)25)11-18(17)20/h2-6,9-11,13-14H,7-8,12H2,1H3. The monoisotopic (exact) mass is 342 g/mol. The Bertz CT molecular complexity index is 791. The molecule has 0 aliphatic heterocycles. The summed E-state index contributed by atoms with van der Waals surface area (Å²) in [5.74, 6) is -0.855. The van der Waals surface area contributed by atoms with Crippen LogP contribution < -0.4 is 0 Å². The van der Waals surface area contributed by atoms with E-state index < -0.39 is 16.6 Å². The van der Waals surface area contributed by atoms with Crippen LogP contribution in [0.15, 0.2) is 48.5 Å². The van der Waals surface area contributed by atoms with Gasteiger partial charge < -0.3 is 4.90 Å². The molecule has 0 aromatic heterocycles. The van der Waals surface area contributed by atoms with E-state index in [9.17, 15) is 19.3 Å². The van der Waals surface area contributed by atoms with Gasteiger partial charge in [0.1, 0.15) is 5.82 Å². The molecule has 1 fully saturated rings. The molecule has 0 N–H and O–H groups in total. The van der Waals surface area contributed by atoms with Crippen molar-refractivity contribution in [1.82, 2.24) is 4.90 Å². The largest absolute Gasteiger partial charge is 0.332 e. The molecule has 0 heterocycles. The highest BCUT2D eigenvalue weighted by molar-refractivity contribution is 5.95. The van der Waals surface area contributed by atoms with Gasteiger partial charge in [0, 0.05) is 12.6 Å². The maximum atomic E-state index is 14.3. The molecule has 0 radical (unpaired) electrons. The van der Waals surface area contributed by atoms with E-state index in [2.05, 4.69) is 0 Å². The second-order valence-electron chi connectivity index (χ2n) is 6.41. The van der Waals surface area contributed by atoms with Gasteiger partial charge in [-0.1, -0.05) is 30.3 Å². The number of benzene rings is 2. The minimum absolute atomic E-state index is 0.131. The summed E-state index contributed by atoms with van der Waals surface area (Å²) in [6, 6.07) is 12.5. The lowest BCUT2D eigenvalue weighted by atomic mass is 10.0. The van der Waals surface area contributed by atoms with E-state index in [1.165, 1.54) is 12.1 Å². The quantitative estimate of drug-likeness (QED) is 0.579. The average Bonchev–Trinajstić information content (AvgIpc) is 3.43. The fraction of sp³-hybridized carbons (Fsp3) is 0.316. The van der Waals surface area contributed by atoms with Crippen LogP contribution in [-0.4, -0.2) is 22.3 Å². The minimum atomic E-state index is -0.861. The number of non-ortho nitro benzene ring substituents is 1. The fourth-order valence-corrected chi connectivity index (χ4v) is 2.85. The van der Waals surface area contributed by atoms with Gasteiger partial charge in [0.05, 0.1) is 22.6 Å². The Balaban J connectivity index is 1.90. The van der Waals surface area contributed by atoms with E-state index in [0.29, 0.717) is 12.5 Å². The molecule has 1 saturated carbocycles. The lowest BCUT2D eigenvalue weighted by Gasteiger charge is -2.30. The van der Waals surface area contributed by atoms with Crippen molar-refractivity contribution >= 4 is 11.6 Å². The molecule has 130 valence electrons. The number of hydrogen-bond acceptors (Lipinski definition) is 3. The van der Waals surface area contributed by atoms with Crippen molar-refractivity contribution in [3.05, 3.63) is 75.6 Å². The van der Waals surface area contributed by atoms with Crippen LogP contribution in [0.4, 0.5) is 10.1 Å². The van der Waals surface area contributed by atoms with E-state index in [1.54, 1.807) is 4.90 Å². The van der Waals surface area contributed by atoms with Gasteiger partial charge in [0.15, 0.2) is 0 Å². The highest BCUT2D eigenvalue weighted by atomic mass is 19.1. The minimum Gasteiger partial charge on any atom is -0.332 e. The van der Waals surface area contributed by atoms with Crippen molar-refractivity contribution in [2.75, 3.05) is 6.54 Å². The zero-order chi connectivity index (χ0) is 18.0. The zero-order valence-corrected chi connectivity index (χ0v) is 13.9. The van der Waals surface area contributed by atoms with Gasteiger partial charge in [-0.3, -0.25) is 14.9 Å². The lowest BCUT2D eigenvalue weighted by Crippen LogP contribution is -2.35. The Hall–Kier alpha value is -2.76. The molecule has 0 saturated heterocycles. The molecule has 5 nitrogen and oxygen atoms in total. The summed E-state index contributed by atoms with van der Waals surface area (Å²) in [7, 11) is 0. The Morgan fingerprint density at radius 3 is 2.52 bits per heavy atom. The third-order valence-corrected chi connectivity index (χ3v) is 4.56. The number of nitro benzene ring substituents is 1. The summed E-state index contributed by atoms with van der Waals surface area (Å²) in [5.41, 5.74) is 0.478. The number of rotatable bonds is 6. The number of carbonyl (C=O) groups excluding carboxylic acids is 1. The van der Waals surface area contributed by atoms with Gasteiger partial charge >= 0.3 is 0 Å². The summed E-state index contributed by atoms with van der Waals surface area (Å²) in [6.45, 7) is 2.48. The van der Waals surface area contributed by atoms with E-state index >= 15 is 0 Å². The molecule has 2 aromatic carbocycles. The third-order valence-electron chi connectivity index (χ3n) is 4.56. The van der Waals surface area contributed by atoms with Crippen molar-refractivity contribution < 1.29 is 14.1 Å². The summed E-state index contributed by atoms with van der Waals surface area (Å²) < 4.78 is 14.3. The lowest BCUT2D eigenvalue weighted by molar-refractivity contribution is -0.385. The summed E-state index contributed by atoms with van der Waals surface area (Å²) in [4.78, 5) is 24.7. The molecular weight excluding hydrogens is 323 g/mol. The molecule has 0 spiro atoms. The van der Waals surface area contributed by atoms with Crippen LogP contribution in [0.1, 0.15) is 41.7 Å². The molecule has 1 unspecified atom stereocenters. The molecule has 1 aliphatic rings.